The van der Waals surface area contributed by atoms with Gasteiger partial charge in [0.25, 0.3) is 0 Å². The number of rotatable bonds is 2. The first-order chi connectivity index (χ1) is 7.99. The van der Waals surface area contributed by atoms with Crippen LogP contribution in [0.25, 0.3) is 0 Å². The lowest BCUT2D eigenvalue weighted by atomic mass is 10.2. The molecule has 6 heteroatoms. The van der Waals surface area contributed by atoms with Gasteiger partial charge in [0.05, 0.1) is 11.3 Å². The summed E-state index contributed by atoms with van der Waals surface area (Å²) in [7, 11) is 0. The summed E-state index contributed by atoms with van der Waals surface area (Å²) >= 11 is 3.34. The first kappa shape index (κ1) is 11.9. The number of phenols is 1. The monoisotopic (exact) mass is 299 g/mol. The van der Waals surface area contributed by atoms with Crippen molar-refractivity contribution >= 4 is 33.5 Å². The Morgan fingerprint density at radius 1 is 1.47 bits per heavy atom. The third kappa shape index (κ3) is 2.26. The van der Waals surface area contributed by atoms with Gasteiger partial charge in [-0.2, -0.15) is 0 Å². The van der Waals surface area contributed by atoms with Crippen molar-refractivity contribution < 1.29 is 19.8 Å². The third-order valence-electron chi connectivity index (χ3n) is 2.59. The first-order valence-corrected chi connectivity index (χ1v) is 5.91. The molecule has 1 aromatic rings. The fourth-order valence-corrected chi connectivity index (χ4v) is 2.35. The Morgan fingerprint density at radius 3 is 2.65 bits per heavy atom. The quantitative estimate of drug-likeness (QED) is 0.813. The average molecular weight is 300 g/mol. The van der Waals surface area contributed by atoms with E-state index in [1.54, 1.807) is 0 Å². The van der Waals surface area contributed by atoms with E-state index in [2.05, 4.69) is 15.9 Å². The summed E-state index contributed by atoms with van der Waals surface area (Å²) in [4.78, 5) is 23.8. The summed E-state index contributed by atoms with van der Waals surface area (Å²) in [5, 5.41) is 18.5. The summed E-state index contributed by atoms with van der Waals surface area (Å²) in [5.74, 6) is -1.40. The molecule has 1 amide bonds. The second-order valence-electron chi connectivity index (χ2n) is 3.81. The van der Waals surface area contributed by atoms with Crippen LogP contribution in [0.3, 0.4) is 0 Å². The Bertz CT molecular complexity index is 488. The smallest absolute Gasteiger partial charge is 0.335 e. The number of amides is 1. The van der Waals surface area contributed by atoms with Crippen molar-refractivity contribution in [1.82, 2.24) is 0 Å². The number of alkyl halides is 1. The van der Waals surface area contributed by atoms with Crippen molar-refractivity contribution in [2.75, 3.05) is 11.4 Å². The highest BCUT2D eigenvalue weighted by atomic mass is 79.9. The van der Waals surface area contributed by atoms with Gasteiger partial charge < -0.3 is 15.1 Å². The SMILES string of the molecule is O=C(O)c1ccc(N2CC(Br)CC2=O)c(O)c1. The van der Waals surface area contributed by atoms with Gasteiger partial charge in [-0.1, -0.05) is 15.9 Å². The minimum absolute atomic E-state index is 0.00621. The van der Waals surface area contributed by atoms with Crippen LogP contribution in [0.2, 0.25) is 0 Å². The van der Waals surface area contributed by atoms with E-state index in [1.807, 2.05) is 0 Å². The van der Waals surface area contributed by atoms with Gasteiger partial charge in [-0.3, -0.25) is 4.79 Å². The number of benzene rings is 1. The van der Waals surface area contributed by atoms with Crippen LogP contribution < -0.4 is 4.90 Å². The maximum absolute atomic E-state index is 11.6. The second-order valence-corrected chi connectivity index (χ2v) is 5.11. The van der Waals surface area contributed by atoms with Crippen molar-refractivity contribution in [3.8, 4) is 5.75 Å². The molecule has 5 nitrogen and oxygen atoms in total. The fourth-order valence-electron chi connectivity index (χ4n) is 1.78. The molecule has 90 valence electrons. The number of carboxylic acids is 1. The molecule has 0 saturated carbocycles. The van der Waals surface area contributed by atoms with Crippen LogP contribution in [0.15, 0.2) is 18.2 Å². The van der Waals surface area contributed by atoms with Gasteiger partial charge in [0.1, 0.15) is 5.75 Å². The second kappa shape index (κ2) is 4.37. The highest BCUT2D eigenvalue weighted by molar-refractivity contribution is 9.09. The molecule has 1 heterocycles. The zero-order valence-electron chi connectivity index (χ0n) is 8.76. The molecule has 1 aliphatic rings. The van der Waals surface area contributed by atoms with E-state index in [-0.39, 0.29) is 22.0 Å². The summed E-state index contributed by atoms with van der Waals surface area (Å²) in [6.45, 7) is 0.471. The molecule has 1 fully saturated rings. The number of carboxylic acid groups (broad SMARTS) is 1. The van der Waals surface area contributed by atoms with E-state index >= 15 is 0 Å². The number of aromatic hydroxyl groups is 1. The highest BCUT2D eigenvalue weighted by Gasteiger charge is 2.30. The summed E-state index contributed by atoms with van der Waals surface area (Å²) < 4.78 is 0. The molecule has 0 aromatic heterocycles. The van der Waals surface area contributed by atoms with Crippen LogP contribution in [-0.2, 0) is 4.79 Å². The number of anilines is 1. The van der Waals surface area contributed by atoms with Gasteiger partial charge in [0.2, 0.25) is 5.91 Å². The number of hydrogen-bond acceptors (Lipinski definition) is 3. The Kier molecular flexibility index (Phi) is 3.06. The largest absolute Gasteiger partial charge is 0.506 e. The predicted molar refractivity (Wildman–Crippen MR) is 64.8 cm³/mol. The van der Waals surface area contributed by atoms with E-state index in [9.17, 15) is 14.7 Å². The van der Waals surface area contributed by atoms with Crippen LogP contribution in [-0.4, -0.2) is 33.5 Å². The predicted octanol–water partition coefficient (Wildman–Crippen LogP) is 1.59. The Balaban J connectivity index is 2.34. The van der Waals surface area contributed by atoms with Gasteiger partial charge in [-0.05, 0) is 18.2 Å². The fraction of sp³-hybridized carbons (Fsp3) is 0.273. The maximum Gasteiger partial charge on any atom is 0.335 e. The molecule has 2 N–H and O–H groups in total. The van der Waals surface area contributed by atoms with E-state index in [4.69, 9.17) is 5.11 Å². The van der Waals surface area contributed by atoms with Crippen LogP contribution in [0.1, 0.15) is 16.8 Å². The number of halogens is 1. The molecular formula is C11H10BrNO4. The van der Waals surface area contributed by atoms with E-state index in [0.29, 0.717) is 18.7 Å². The number of phenolic OH excluding ortho intramolecular Hbond substituents is 1. The Morgan fingerprint density at radius 2 is 2.18 bits per heavy atom. The van der Waals surface area contributed by atoms with Crippen molar-refractivity contribution in [3.05, 3.63) is 23.8 Å². The topological polar surface area (TPSA) is 77.8 Å². The van der Waals surface area contributed by atoms with Crippen LogP contribution in [0, 0.1) is 0 Å². The molecule has 17 heavy (non-hydrogen) atoms. The van der Waals surface area contributed by atoms with Crippen molar-refractivity contribution in [2.24, 2.45) is 0 Å². The minimum atomic E-state index is -1.11. The molecule has 1 aromatic carbocycles. The molecular weight excluding hydrogens is 290 g/mol. The molecule has 0 bridgehead atoms. The normalized spacial score (nSPS) is 19.7. The van der Waals surface area contributed by atoms with Crippen LogP contribution in [0.5, 0.6) is 5.75 Å². The minimum Gasteiger partial charge on any atom is -0.506 e. The molecule has 1 atom stereocenters. The van der Waals surface area contributed by atoms with Gasteiger partial charge in [0.15, 0.2) is 0 Å². The zero-order chi connectivity index (χ0) is 12.6. The zero-order valence-corrected chi connectivity index (χ0v) is 10.3. The van der Waals surface area contributed by atoms with Gasteiger partial charge in [-0.25, -0.2) is 4.79 Å². The molecule has 1 aliphatic heterocycles. The first-order valence-electron chi connectivity index (χ1n) is 5.00. The molecule has 2 rings (SSSR count). The lowest BCUT2D eigenvalue weighted by molar-refractivity contribution is -0.117. The highest BCUT2D eigenvalue weighted by Crippen LogP contribution is 2.32. The number of nitrogens with zero attached hydrogens (tertiary/aromatic N) is 1. The summed E-state index contributed by atoms with van der Waals surface area (Å²) in [5.41, 5.74) is 0.343. The molecule has 0 aliphatic carbocycles. The number of hydrogen-bond donors (Lipinski definition) is 2. The van der Waals surface area contributed by atoms with Crippen LogP contribution in [0.4, 0.5) is 5.69 Å². The lowest BCUT2D eigenvalue weighted by Crippen LogP contribution is -2.24. The number of carbonyl (C=O) groups excluding carboxylic acids is 1. The van der Waals surface area contributed by atoms with Gasteiger partial charge in [0, 0.05) is 17.8 Å². The lowest BCUT2D eigenvalue weighted by Gasteiger charge is -2.17. The number of carbonyl (C=O) groups is 2. The number of aromatic carboxylic acids is 1. The van der Waals surface area contributed by atoms with Gasteiger partial charge >= 0.3 is 5.97 Å². The summed E-state index contributed by atoms with van der Waals surface area (Å²) in [6.07, 6.45) is 0.375. The Labute approximate surface area is 106 Å². The van der Waals surface area contributed by atoms with E-state index in [0.717, 1.165) is 6.07 Å². The maximum atomic E-state index is 11.6. The third-order valence-corrected chi connectivity index (χ3v) is 3.20. The molecule has 1 unspecified atom stereocenters. The molecule has 0 radical (unpaired) electrons. The molecule has 1 saturated heterocycles. The van der Waals surface area contributed by atoms with E-state index in [1.165, 1.54) is 17.0 Å². The van der Waals surface area contributed by atoms with Crippen molar-refractivity contribution in [2.45, 2.75) is 11.2 Å². The standard InChI is InChI=1S/C11H10BrNO4/c12-7-4-10(15)13(5-7)8-2-1-6(11(16)17)3-9(8)14/h1-3,7,14H,4-5H2,(H,16,17). The van der Waals surface area contributed by atoms with Crippen LogP contribution >= 0.6 is 15.9 Å². The summed E-state index contributed by atoms with van der Waals surface area (Å²) in [6, 6.07) is 3.96. The van der Waals surface area contributed by atoms with Crippen molar-refractivity contribution in [3.63, 3.8) is 0 Å². The van der Waals surface area contributed by atoms with Gasteiger partial charge in [-0.15, -0.1) is 0 Å². The van der Waals surface area contributed by atoms with Crippen molar-refractivity contribution in [1.29, 1.82) is 0 Å². The Hall–Kier alpha value is -1.56. The van der Waals surface area contributed by atoms with E-state index < -0.39 is 5.97 Å². The average Bonchev–Trinajstić information content (AvgIpc) is 2.57. The molecule has 0 spiro atoms.